The number of benzene rings is 2. The molecule has 1 aromatic heterocycles. The first-order valence-electron chi connectivity index (χ1n) is 11.6. The first-order chi connectivity index (χ1) is 16.5. The van der Waals surface area contributed by atoms with Crippen LogP contribution in [0.5, 0.6) is 11.5 Å². The molecule has 1 N–H and O–H groups in total. The zero-order chi connectivity index (χ0) is 23.7. The second kappa shape index (κ2) is 9.66. The quantitative estimate of drug-likeness (QED) is 0.451. The summed E-state index contributed by atoms with van der Waals surface area (Å²) in [6.45, 7) is 4.87. The van der Waals surface area contributed by atoms with Gasteiger partial charge in [0.15, 0.2) is 11.0 Å². The maximum absolute atomic E-state index is 14.3. The van der Waals surface area contributed by atoms with Gasteiger partial charge in [0, 0.05) is 30.1 Å². The fourth-order valence-electron chi connectivity index (χ4n) is 4.15. The number of carbonyl (C=O) groups excluding carboxylic acids is 1. The molecule has 34 heavy (non-hydrogen) atoms. The van der Waals surface area contributed by atoms with Gasteiger partial charge in [0.2, 0.25) is 5.91 Å². The number of rotatable bonds is 9. The van der Waals surface area contributed by atoms with Gasteiger partial charge in [-0.3, -0.25) is 9.36 Å². The molecule has 9 heteroatoms. The van der Waals surface area contributed by atoms with Crippen molar-refractivity contribution in [3.63, 3.8) is 0 Å². The summed E-state index contributed by atoms with van der Waals surface area (Å²) in [4.78, 5) is 12.7. The number of amides is 1. The zero-order valence-electron chi connectivity index (χ0n) is 19.2. The van der Waals surface area contributed by atoms with E-state index in [1.54, 1.807) is 18.2 Å². The molecule has 178 valence electrons. The van der Waals surface area contributed by atoms with Crippen molar-refractivity contribution < 1.29 is 18.7 Å². The van der Waals surface area contributed by atoms with Crippen molar-refractivity contribution in [1.82, 2.24) is 20.1 Å². The number of fused-ring (bicyclic) bond motifs is 1. The molecule has 5 rings (SSSR count). The third-order valence-corrected chi connectivity index (χ3v) is 6.82. The minimum atomic E-state index is -0.330. The monoisotopic (exact) mass is 482 g/mol. The van der Waals surface area contributed by atoms with E-state index in [0.717, 1.165) is 41.9 Å². The molecule has 1 aliphatic carbocycles. The molecule has 1 amide bonds. The van der Waals surface area contributed by atoms with Gasteiger partial charge < -0.3 is 14.8 Å². The Balaban J connectivity index is 1.25. The summed E-state index contributed by atoms with van der Waals surface area (Å²) in [5.41, 5.74) is 2.44. The van der Waals surface area contributed by atoms with Crippen LogP contribution in [0.2, 0.25) is 0 Å². The molecule has 2 heterocycles. The molecule has 3 aromatic rings. The van der Waals surface area contributed by atoms with Gasteiger partial charge in [-0.2, -0.15) is 0 Å². The Morgan fingerprint density at radius 3 is 2.88 bits per heavy atom. The van der Waals surface area contributed by atoms with Crippen LogP contribution in [0.1, 0.15) is 43.9 Å². The Labute approximate surface area is 202 Å². The van der Waals surface area contributed by atoms with Crippen LogP contribution in [-0.4, -0.2) is 39.1 Å². The Hall–Kier alpha value is -3.07. The van der Waals surface area contributed by atoms with Crippen LogP contribution >= 0.6 is 11.8 Å². The Morgan fingerprint density at radius 1 is 1.29 bits per heavy atom. The summed E-state index contributed by atoms with van der Waals surface area (Å²) >= 11 is 1.31. The van der Waals surface area contributed by atoms with Crippen LogP contribution in [0.25, 0.3) is 11.4 Å². The zero-order valence-corrected chi connectivity index (χ0v) is 20.0. The number of hydrogen-bond donors (Lipinski definition) is 1. The van der Waals surface area contributed by atoms with Crippen molar-refractivity contribution in [3.05, 3.63) is 53.3 Å². The Kier molecular flexibility index (Phi) is 6.45. The van der Waals surface area contributed by atoms with E-state index in [1.165, 1.54) is 17.8 Å². The molecular formula is C25H27FN4O3S. The average Bonchev–Trinajstić information content (AvgIpc) is 3.47. The molecule has 1 aliphatic heterocycles. The van der Waals surface area contributed by atoms with Crippen LogP contribution in [0.4, 0.5) is 4.39 Å². The van der Waals surface area contributed by atoms with E-state index >= 15 is 0 Å². The number of aromatic nitrogens is 3. The highest BCUT2D eigenvalue weighted by Crippen LogP contribution is 2.41. The number of carbonyl (C=O) groups is 1. The van der Waals surface area contributed by atoms with E-state index < -0.39 is 0 Å². The fraction of sp³-hybridized carbons (Fsp3) is 0.400. The molecule has 0 bridgehead atoms. The molecule has 0 spiro atoms. The SMILES string of the molecule is CCOc1cc2c(cc1CNC(=O)CSc1nnc(-c3ccccc3F)n1C1CC1)O[C@H](C)C2. The maximum Gasteiger partial charge on any atom is 0.230 e. The molecule has 1 fully saturated rings. The standard InChI is InChI=1S/C25H27FN4O3S/c1-3-32-21-11-16-10-15(2)33-22(16)12-17(21)13-27-23(31)14-34-25-29-28-24(30(25)18-8-9-18)19-6-4-5-7-20(19)26/h4-7,11-12,15,18H,3,8-10,13-14H2,1-2H3,(H,27,31)/t15-/m1/s1. The second-order valence-corrected chi connectivity index (χ2v) is 9.53. The lowest BCUT2D eigenvalue weighted by molar-refractivity contribution is -0.118. The van der Waals surface area contributed by atoms with Crippen molar-refractivity contribution in [2.45, 2.75) is 57.0 Å². The van der Waals surface area contributed by atoms with Gasteiger partial charge in [0.1, 0.15) is 23.4 Å². The normalized spacial score (nSPS) is 16.7. The van der Waals surface area contributed by atoms with Crippen LogP contribution in [-0.2, 0) is 17.8 Å². The predicted molar refractivity (Wildman–Crippen MR) is 128 cm³/mol. The maximum atomic E-state index is 14.3. The average molecular weight is 483 g/mol. The van der Waals surface area contributed by atoms with E-state index in [0.29, 0.717) is 29.7 Å². The summed E-state index contributed by atoms with van der Waals surface area (Å²) in [6.07, 6.45) is 3.00. The minimum Gasteiger partial charge on any atom is -0.494 e. The summed E-state index contributed by atoms with van der Waals surface area (Å²) < 4.78 is 28.0. The number of ether oxygens (including phenoxy) is 2. The van der Waals surface area contributed by atoms with Crippen LogP contribution in [0.15, 0.2) is 41.6 Å². The number of nitrogens with one attached hydrogen (secondary N) is 1. The lowest BCUT2D eigenvalue weighted by Gasteiger charge is -2.13. The van der Waals surface area contributed by atoms with E-state index in [9.17, 15) is 9.18 Å². The van der Waals surface area contributed by atoms with E-state index in [1.807, 2.05) is 30.5 Å². The lowest BCUT2D eigenvalue weighted by atomic mass is 10.1. The second-order valence-electron chi connectivity index (χ2n) is 8.59. The van der Waals surface area contributed by atoms with Crippen molar-refractivity contribution in [2.24, 2.45) is 0 Å². The summed E-state index contributed by atoms with van der Waals surface area (Å²) in [6, 6.07) is 10.8. The van der Waals surface area contributed by atoms with Gasteiger partial charge in [-0.1, -0.05) is 23.9 Å². The molecule has 2 aromatic carbocycles. The van der Waals surface area contributed by atoms with Crippen molar-refractivity contribution in [3.8, 4) is 22.9 Å². The van der Waals surface area contributed by atoms with Crippen molar-refractivity contribution in [1.29, 1.82) is 0 Å². The third-order valence-electron chi connectivity index (χ3n) is 5.88. The molecular weight excluding hydrogens is 455 g/mol. The Bertz CT molecular complexity index is 1210. The van der Waals surface area contributed by atoms with Gasteiger partial charge >= 0.3 is 0 Å². The first kappa shape index (κ1) is 22.7. The van der Waals surface area contributed by atoms with Gasteiger partial charge in [-0.25, -0.2) is 4.39 Å². The van der Waals surface area contributed by atoms with Crippen LogP contribution < -0.4 is 14.8 Å². The predicted octanol–water partition coefficient (Wildman–Crippen LogP) is 4.55. The molecule has 1 saturated carbocycles. The lowest BCUT2D eigenvalue weighted by Crippen LogP contribution is -2.25. The smallest absolute Gasteiger partial charge is 0.230 e. The topological polar surface area (TPSA) is 78.3 Å². The molecule has 0 unspecified atom stereocenters. The van der Waals surface area contributed by atoms with Gasteiger partial charge in [0.05, 0.1) is 17.9 Å². The molecule has 0 saturated heterocycles. The van der Waals surface area contributed by atoms with E-state index in [4.69, 9.17) is 9.47 Å². The first-order valence-corrected chi connectivity index (χ1v) is 12.6. The summed E-state index contributed by atoms with van der Waals surface area (Å²) in [5.74, 6) is 1.87. The third kappa shape index (κ3) is 4.75. The van der Waals surface area contributed by atoms with Gasteiger partial charge in [-0.15, -0.1) is 10.2 Å². The van der Waals surface area contributed by atoms with Gasteiger partial charge in [-0.05, 0) is 51.0 Å². The van der Waals surface area contributed by atoms with Crippen LogP contribution in [0.3, 0.4) is 0 Å². The fourth-order valence-corrected chi connectivity index (χ4v) is 4.98. The van der Waals surface area contributed by atoms with E-state index in [2.05, 4.69) is 15.5 Å². The number of thioether (sulfide) groups is 1. The highest BCUT2D eigenvalue weighted by Gasteiger charge is 2.31. The molecule has 2 aliphatic rings. The van der Waals surface area contributed by atoms with Gasteiger partial charge in [0.25, 0.3) is 0 Å². The van der Waals surface area contributed by atoms with Crippen molar-refractivity contribution in [2.75, 3.05) is 12.4 Å². The number of nitrogens with zero attached hydrogens (tertiary/aromatic N) is 3. The summed E-state index contributed by atoms with van der Waals surface area (Å²) in [5, 5.41) is 12.1. The molecule has 7 nitrogen and oxygen atoms in total. The van der Waals surface area contributed by atoms with E-state index in [-0.39, 0.29) is 29.6 Å². The molecule has 0 radical (unpaired) electrons. The Morgan fingerprint density at radius 2 is 2.12 bits per heavy atom. The van der Waals surface area contributed by atoms with Crippen LogP contribution in [0, 0.1) is 5.82 Å². The highest BCUT2D eigenvalue weighted by atomic mass is 32.2. The largest absolute Gasteiger partial charge is 0.494 e. The molecule has 1 atom stereocenters. The summed E-state index contributed by atoms with van der Waals surface area (Å²) in [7, 11) is 0. The number of halogens is 1. The highest BCUT2D eigenvalue weighted by molar-refractivity contribution is 7.99. The minimum absolute atomic E-state index is 0.125. The number of hydrogen-bond acceptors (Lipinski definition) is 6. The van der Waals surface area contributed by atoms with Crippen molar-refractivity contribution >= 4 is 17.7 Å².